The van der Waals surface area contributed by atoms with E-state index in [0.717, 1.165) is 22.1 Å². The largest absolute Gasteiger partial charge is 0.377 e. The summed E-state index contributed by atoms with van der Waals surface area (Å²) in [6, 6.07) is 17.5. The zero-order chi connectivity index (χ0) is 18.4. The third kappa shape index (κ3) is 4.30. The molecule has 3 aromatic rings. The van der Waals surface area contributed by atoms with E-state index in [1.807, 2.05) is 41.0 Å². The van der Waals surface area contributed by atoms with Gasteiger partial charge in [-0.1, -0.05) is 60.3 Å². The molecule has 2 N–H and O–H groups in total. The molecule has 0 radical (unpaired) electrons. The van der Waals surface area contributed by atoms with E-state index in [-0.39, 0.29) is 0 Å². The minimum absolute atomic E-state index is 0.387. The average Bonchev–Trinajstić information content (AvgIpc) is 3.03. The predicted octanol–water partition coefficient (Wildman–Crippen LogP) is 2.86. The summed E-state index contributed by atoms with van der Waals surface area (Å²) in [5.41, 5.74) is 8.03. The van der Waals surface area contributed by atoms with E-state index in [4.69, 9.17) is 10.5 Å². The zero-order valence-corrected chi connectivity index (χ0v) is 15.3. The van der Waals surface area contributed by atoms with Crippen LogP contribution in [0.5, 0.6) is 0 Å². The van der Waals surface area contributed by atoms with Crippen molar-refractivity contribution >= 4 is 17.7 Å². The van der Waals surface area contributed by atoms with Gasteiger partial charge >= 0.3 is 0 Å². The van der Waals surface area contributed by atoms with Crippen LogP contribution in [0.1, 0.15) is 27.3 Å². The average molecular weight is 368 g/mol. The number of nitrogens with two attached hydrogens (primary N) is 1. The number of aromatic nitrogens is 3. The predicted molar refractivity (Wildman–Crippen MR) is 101 cm³/mol. The van der Waals surface area contributed by atoms with Gasteiger partial charge in [-0.2, -0.15) is 0 Å². The molecule has 0 aliphatic heterocycles. The highest BCUT2D eigenvalue weighted by atomic mass is 32.2. The Balaban J connectivity index is 1.83. The summed E-state index contributed by atoms with van der Waals surface area (Å²) in [5.74, 6) is 0.924. The third-order valence-corrected chi connectivity index (χ3v) is 4.91. The molecule has 1 aromatic heterocycles. The van der Waals surface area contributed by atoms with Crippen molar-refractivity contribution in [3.05, 3.63) is 77.1 Å². The van der Waals surface area contributed by atoms with Crippen LogP contribution in [0.4, 0.5) is 0 Å². The number of benzene rings is 2. The van der Waals surface area contributed by atoms with Gasteiger partial charge in [-0.15, -0.1) is 10.2 Å². The van der Waals surface area contributed by atoms with Crippen LogP contribution in [-0.2, 0) is 23.6 Å². The monoisotopic (exact) mass is 368 g/mol. The molecule has 0 bridgehead atoms. The molecule has 0 saturated carbocycles. The van der Waals surface area contributed by atoms with Gasteiger partial charge in [-0.25, -0.2) is 0 Å². The molecule has 1 heterocycles. The van der Waals surface area contributed by atoms with Crippen LogP contribution < -0.4 is 5.73 Å². The normalized spacial score (nSPS) is 10.8. The van der Waals surface area contributed by atoms with E-state index in [1.165, 1.54) is 11.8 Å². The maximum atomic E-state index is 11.6. The SMILES string of the molecule is COCc1nnc(SCc2ccccc2C(N)=O)n1Cc1ccccc1. The highest BCUT2D eigenvalue weighted by Gasteiger charge is 2.15. The lowest BCUT2D eigenvalue weighted by Gasteiger charge is -2.11. The Morgan fingerprint density at radius 3 is 2.58 bits per heavy atom. The van der Waals surface area contributed by atoms with Gasteiger partial charge in [-0.3, -0.25) is 9.36 Å². The second-order valence-corrected chi connectivity index (χ2v) is 6.66. The number of rotatable bonds is 8. The van der Waals surface area contributed by atoms with Crippen molar-refractivity contribution in [3.63, 3.8) is 0 Å². The topological polar surface area (TPSA) is 83.0 Å². The quantitative estimate of drug-likeness (QED) is 0.618. The van der Waals surface area contributed by atoms with Crippen molar-refractivity contribution in [2.24, 2.45) is 5.73 Å². The number of amides is 1. The van der Waals surface area contributed by atoms with E-state index in [9.17, 15) is 4.79 Å². The molecule has 2 aromatic carbocycles. The van der Waals surface area contributed by atoms with Gasteiger partial charge in [0.2, 0.25) is 5.91 Å². The minimum Gasteiger partial charge on any atom is -0.377 e. The van der Waals surface area contributed by atoms with E-state index in [2.05, 4.69) is 22.3 Å². The van der Waals surface area contributed by atoms with E-state index < -0.39 is 5.91 Å². The van der Waals surface area contributed by atoms with Crippen molar-refractivity contribution in [1.29, 1.82) is 0 Å². The van der Waals surface area contributed by atoms with E-state index in [0.29, 0.717) is 24.5 Å². The molecule has 0 saturated heterocycles. The maximum absolute atomic E-state index is 11.6. The van der Waals surface area contributed by atoms with Gasteiger partial charge in [0.25, 0.3) is 0 Å². The van der Waals surface area contributed by atoms with Crippen molar-refractivity contribution in [2.75, 3.05) is 7.11 Å². The van der Waals surface area contributed by atoms with Crippen molar-refractivity contribution in [3.8, 4) is 0 Å². The van der Waals surface area contributed by atoms with Crippen LogP contribution in [-0.4, -0.2) is 27.8 Å². The molecular weight excluding hydrogens is 348 g/mol. The minimum atomic E-state index is -0.424. The second kappa shape index (κ2) is 8.64. The van der Waals surface area contributed by atoms with Crippen LogP contribution in [0.3, 0.4) is 0 Å². The van der Waals surface area contributed by atoms with Crippen LogP contribution in [0.2, 0.25) is 0 Å². The van der Waals surface area contributed by atoms with Gasteiger partial charge in [0.05, 0.1) is 6.54 Å². The van der Waals surface area contributed by atoms with Crippen molar-refractivity contribution in [2.45, 2.75) is 24.1 Å². The highest BCUT2D eigenvalue weighted by Crippen LogP contribution is 2.25. The lowest BCUT2D eigenvalue weighted by Crippen LogP contribution is -2.13. The van der Waals surface area contributed by atoms with Gasteiger partial charge in [-0.05, 0) is 17.2 Å². The number of ether oxygens (including phenoxy) is 1. The summed E-state index contributed by atoms with van der Waals surface area (Å²) in [6.45, 7) is 1.05. The first-order valence-corrected chi connectivity index (χ1v) is 9.13. The fourth-order valence-electron chi connectivity index (χ4n) is 2.62. The van der Waals surface area contributed by atoms with Gasteiger partial charge in [0.1, 0.15) is 6.61 Å². The summed E-state index contributed by atoms with van der Waals surface area (Å²) in [6.07, 6.45) is 0. The Labute approximate surface area is 156 Å². The number of carbonyl (C=O) groups excluding carboxylic acids is 1. The number of thioether (sulfide) groups is 1. The first kappa shape index (κ1) is 18.2. The first-order chi connectivity index (χ1) is 12.7. The third-order valence-electron chi connectivity index (χ3n) is 3.89. The first-order valence-electron chi connectivity index (χ1n) is 8.14. The fraction of sp³-hybridized carbons (Fsp3) is 0.211. The number of hydrogen-bond donors (Lipinski definition) is 1. The molecule has 7 heteroatoms. The number of primary amides is 1. The molecule has 134 valence electrons. The number of hydrogen-bond acceptors (Lipinski definition) is 5. The van der Waals surface area contributed by atoms with Crippen molar-refractivity contribution < 1.29 is 9.53 Å². The zero-order valence-electron chi connectivity index (χ0n) is 14.5. The van der Waals surface area contributed by atoms with E-state index >= 15 is 0 Å². The van der Waals surface area contributed by atoms with Crippen LogP contribution in [0, 0.1) is 0 Å². The molecule has 0 aliphatic rings. The number of nitrogens with zero attached hydrogens (tertiary/aromatic N) is 3. The molecule has 0 unspecified atom stereocenters. The van der Waals surface area contributed by atoms with Crippen LogP contribution in [0.15, 0.2) is 59.8 Å². The lowest BCUT2D eigenvalue weighted by atomic mass is 10.1. The summed E-state index contributed by atoms with van der Waals surface area (Å²) < 4.78 is 7.28. The summed E-state index contributed by atoms with van der Waals surface area (Å²) >= 11 is 1.52. The molecule has 6 nitrogen and oxygen atoms in total. The van der Waals surface area contributed by atoms with Gasteiger partial charge < -0.3 is 10.5 Å². The maximum Gasteiger partial charge on any atom is 0.249 e. The number of methoxy groups -OCH3 is 1. The number of carbonyl (C=O) groups is 1. The van der Waals surface area contributed by atoms with Crippen molar-refractivity contribution in [1.82, 2.24) is 14.8 Å². The Bertz CT molecular complexity index is 880. The van der Waals surface area contributed by atoms with Crippen LogP contribution in [0.25, 0.3) is 0 Å². The standard InChI is InChI=1S/C19H20N4O2S/c1-25-12-17-21-22-19(23(17)11-14-7-3-2-4-8-14)26-13-15-9-5-6-10-16(15)18(20)24/h2-10H,11-13H2,1H3,(H2,20,24). The van der Waals surface area contributed by atoms with Gasteiger partial charge in [0, 0.05) is 18.4 Å². The van der Waals surface area contributed by atoms with E-state index in [1.54, 1.807) is 13.2 Å². The molecule has 1 amide bonds. The molecule has 0 aliphatic carbocycles. The van der Waals surface area contributed by atoms with Gasteiger partial charge in [0.15, 0.2) is 11.0 Å². The lowest BCUT2D eigenvalue weighted by molar-refractivity contribution is 0.0999. The summed E-state index contributed by atoms with van der Waals surface area (Å²) in [7, 11) is 1.64. The Kier molecular flexibility index (Phi) is 6.04. The molecule has 0 fully saturated rings. The fourth-order valence-corrected chi connectivity index (χ4v) is 3.58. The molecule has 0 atom stereocenters. The highest BCUT2D eigenvalue weighted by molar-refractivity contribution is 7.98. The summed E-state index contributed by atoms with van der Waals surface area (Å²) in [4.78, 5) is 11.6. The molecular formula is C19H20N4O2S. The summed E-state index contributed by atoms with van der Waals surface area (Å²) in [5, 5.41) is 9.33. The molecule has 0 spiro atoms. The smallest absolute Gasteiger partial charge is 0.249 e. The molecule has 3 rings (SSSR count). The molecule has 26 heavy (non-hydrogen) atoms. The Morgan fingerprint density at radius 2 is 1.85 bits per heavy atom. The second-order valence-electron chi connectivity index (χ2n) is 5.71. The van der Waals surface area contributed by atoms with Crippen LogP contribution >= 0.6 is 11.8 Å². The Hall–Kier alpha value is -2.64. The Morgan fingerprint density at radius 1 is 1.12 bits per heavy atom.